The van der Waals surface area contributed by atoms with Crippen LogP contribution in [0.3, 0.4) is 0 Å². The predicted molar refractivity (Wildman–Crippen MR) is 105 cm³/mol. The van der Waals surface area contributed by atoms with Gasteiger partial charge in [-0.2, -0.15) is 0 Å². The van der Waals surface area contributed by atoms with Crippen molar-refractivity contribution >= 4 is 14.2 Å². The lowest BCUT2D eigenvalue weighted by Crippen LogP contribution is -2.43. The molecule has 24 heavy (non-hydrogen) atoms. The second kappa shape index (κ2) is 11.1. The van der Waals surface area contributed by atoms with Crippen LogP contribution in [0.2, 0.25) is 25.7 Å². The van der Waals surface area contributed by atoms with Crippen molar-refractivity contribution in [1.82, 2.24) is 4.90 Å². The van der Waals surface area contributed by atoms with Gasteiger partial charge < -0.3 is 15.4 Å². The number of hydrogen-bond acceptors (Lipinski definition) is 3. The average molecular weight is 357 g/mol. The number of hydrogen-bond donors (Lipinski definition) is 1. The number of carbonyl (C=O) groups is 1. The minimum Gasteiger partial charge on any atom is -0.450 e. The van der Waals surface area contributed by atoms with Crippen LogP contribution in [0.5, 0.6) is 0 Å². The molecule has 1 atom stereocenters. The van der Waals surface area contributed by atoms with Gasteiger partial charge in [0.1, 0.15) is 0 Å². The molecule has 142 valence electrons. The number of carbonyl (C=O) groups excluding carboxylic acids is 1. The molecule has 1 amide bonds. The lowest BCUT2D eigenvalue weighted by Gasteiger charge is -2.29. The normalized spacial score (nSPS) is 17.5. The van der Waals surface area contributed by atoms with Crippen molar-refractivity contribution in [3.63, 3.8) is 0 Å². The first kappa shape index (κ1) is 21.5. The van der Waals surface area contributed by atoms with E-state index in [0.29, 0.717) is 13.2 Å². The highest BCUT2D eigenvalue weighted by atomic mass is 28.3. The monoisotopic (exact) mass is 356 g/mol. The predicted octanol–water partition coefficient (Wildman–Crippen LogP) is 4.86. The largest absolute Gasteiger partial charge is 0.450 e. The van der Waals surface area contributed by atoms with Crippen LogP contribution in [0.15, 0.2) is 0 Å². The maximum absolute atomic E-state index is 12.4. The first-order chi connectivity index (χ1) is 11.3. The third kappa shape index (κ3) is 9.67. The number of nitrogens with two attached hydrogens (primary N) is 1. The van der Waals surface area contributed by atoms with Gasteiger partial charge in [0.05, 0.1) is 6.61 Å². The second-order valence-corrected chi connectivity index (χ2v) is 14.3. The fourth-order valence-corrected chi connectivity index (χ4v) is 4.06. The lowest BCUT2D eigenvalue weighted by atomic mass is 9.85. The third-order valence-electron chi connectivity index (χ3n) is 4.93. The van der Waals surface area contributed by atoms with E-state index in [2.05, 4.69) is 26.6 Å². The van der Waals surface area contributed by atoms with E-state index in [1.807, 2.05) is 4.90 Å². The molecule has 1 aliphatic rings. The average Bonchev–Trinajstić information content (AvgIpc) is 2.51. The molecular formula is C19H40N2O2Si. The molecule has 5 heteroatoms. The SMILES string of the molecule is CCCCN(C[C@@H](N)CC1CCCCC1)C(=O)OCC[Si](C)(C)C. The van der Waals surface area contributed by atoms with Gasteiger partial charge in [-0.05, 0) is 24.8 Å². The molecule has 0 bridgehead atoms. The van der Waals surface area contributed by atoms with E-state index in [0.717, 1.165) is 37.8 Å². The van der Waals surface area contributed by atoms with Crippen molar-refractivity contribution in [3.05, 3.63) is 0 Å². The highest BCUT2D eigenvalue weighted by Crippen LogP contribution is 2.27. The molecule has 0 aromatic rings. The molecule has 4 nitrogen and oxygen atoms in total. The summed E-state index contributed by atoms with van der Waals surface area (Å²) in [6.07, 6.45) is 9.65. The summed E-state index contributed by atoms with van der Waals surface area (Å²) in [5, 5.41) is 0. The number of ether oxygens (including phenoxy) is 1. The van der Waals surface area contributed by atoms with Gasteiger partial charge in [-0.25, -0.2) is 4.79 Å². The van der Waals surface area contributed by atoms with Crippen LogP contribution < -0.4 is 5.73 Å². The maximum atomic E-state index is 12.4. The van der Waals surface area contributed by atoms with Gasteiger partial charge >= 0.3 is 6.09 Å². The summed E-state index contributed by atoms with van der Waals surface area (Å²) in [6.45, 7) is 11.0. The third-order valence-corrected chi connectivity index (χ3v) is 6.64. The Morgan fingerprint density at radius 3 is 2.50 bits per heavy atom. The van der Waals surface area contributed by atoms with Gasteiger partial charge in [-0.15, -0.1) is 0 Å². The Morgan fingerprint density at radius 1 is 1.25 bits per heavy atom. The molecule has 1 rings (SSSR count). The molecule has 0 saturated heterocycles. The van der Waals surface area contributed by atoms with Crippen LogP contribution >= 0.6 is 0 Å². The van der Waals surface area contributed by atoms with E-state index < -0.39 is 8.07 Å². The summed E-state index contributed by atoms with van der Waals surface area (Å²) in [4.78, 5) is 14.3. The molecule has 0 aliphatic heterocycles. The molecule has 1 saturated carbocycles. The van der Waals surface area contributed by atoms with E-state index in [-0.39, 0.29) is 12.1 Å². The Hall–Kier alpha value is -0.553. The first-order valence-electron chi connectivity index (χ1n) is 9.99. The van der Waals surface area contributed by atoms with E-state index in [4.69, 9.17) is 10.5 Å². The minimum atomic E-state index is -1.17. The fraction of sp³-hybridized carbons (Fsp3) is 0.947. The molecule has 0 unspecified atom stereocenters. The number of amides is 1. The zero-order valence-corrected chi connectivity index (χ0v) is 17.5. The summed E-state index contributed by atoms with van der Waals surface area (Å²) in [5.41, 5.74) is 6.37. The van der Waals surface area contributed by atoms with Crippen LogP contribution in [0.4, 0.5) is 4.79 Å². The molecule has 0 heterocycles. The number of unbranched alkanes of at least 4 members (excludes halogenated alkanes) is 1. The quantitative estimate of drug-likeness (QED) is 0.569. The van der Waals surface area contributed by atoms with Gasteiger partial charge in [0.15, 0.2) is 0 Å². The maximum Gasteiger partial charge on any atom is 0.409 e. The van der Waals surface area contributed by atoms with Crippen molar-refractivity contribution in [1.29, 1.82) is 0 Å². The van der Waals surface area contributed by atoms with Gasteiger partial charge in [0.2, 0.25) is 0 Å². The van der Waals surface area contributed by atoms with E-state index in [1.54, 1.807) is 0 Å². The summed E-state index contributed by atoms with van der Waals surface area (Å²) in [7, 11) is -1.17. The molecule has 2 N–H and O–H groups in total. The Kier molecular flexibility index (Phi) is 9.97. The van der Waals surface area contributed by atoms with E-state index in [1.165, 1.54) is 32.1 Å². The Labute approximate surface area is 150 Å². The Morgan fingerprint density at radius 2 is 1.92 bits per heavy atom. The summed E-state index contributed by atoms with van der Waals surface area (Å²) < 4.78 is 5.53. The number of rotatable bonds is 10. The van der Waals surface area contributed by atoms with Crippen LogP contribution in [0, 0.1) is 5.92 Å². The second-order valence-electron chi connectivity index (χ2n) is 8.72. The first-order valence-corrected chi connectivity index (χ1v) is 13.7. The van der Waals surface area contributed by atoms with Crippen molar-refractivity contribution in [3.8, 4) is 0 Å². The Bertz CT molecular complexity index is 352. The highest BCUT2D eigenvalue weighted by Gasteiger charge is 2.22. The molecular weight excluding hydrogens is 316 g/mol. The standard InChI is InChI=1S/C19H40N2O2Si/c1-5-6-12-21(19(22)23-13-14-24(2,3)4)16-18(20)15-17-10-8-7-9-11-17/h17-18H,5-16,20H2,1-4H3/t18-/m0/s1. The minimum absolute atomic E-state index is 0.0782. The van der Waals surface area contributed by atoms with Crippen molar-refractivity contribution in [2.24, 2.45) is 11.7 Å². The topological polar surface area (TPSA) is 55.6 Å². The van der Waals surface area contributed by atoms with Gasteiger partial charge in [-0.3, -0.25) is 0 Å². The molecule has 0 radical (unpaired) electrons. The van der Waals surface area contributed by atoms with Crippen LogP contribution in [-0.2, 0) is 4.74 Å². The van der Waals surface area contributed by atoms with Gasteiger partial charge in [0, 0.05) is 27.2 Å². The molecule has 1 aliphatic carbocycles. The summed E-state index contributed by atoms with van der Waals surface area (Å²) >= 11 is 0. The smallest absolute Gasteiger partial charge is 0.409 e. The summed E-state index contributed by atoms with van der Waals surface area (Å²) in [6, 6.07) is 1.10. The van der Waals surface area contributed by atoms with Gasteiger partial charge in [-0.1, -0.05) is 65.1 Å². The van der Waals surface area contributed by atoms with Crippen LogP contribution in [0.1, 0.15) is 58.3 Å². The number of nitrogens with zero attached hydrogens (tertiary/aromatic N) is 1. The zero-order valence-electron chi connectivity index (χ0n) is 16.5. The molecule has 0 aromatic heterocycles. The molecule has 0 spiro atoms. The zero-order chi connectivity index (χ0) is 18.0. The van der Waals surface area contributed by atoms with E-state index in [9.17, 15) is 4.79 Å². The lowest BCUT2D eigenvalue weighted by molar-refractivity contribution is 0.102. The van der Waals surface area contributed by atoms with Crippen LogP contribution in [-0.4, -0.2) is 44.8 Å². The Balaban J connectivity index is 2.42. The molecule has 0 aromatic carbocycles. The van der Waals surface area contributed by atoms with E-state index >= 15 is 0 Å². The highest BCUT2D eigenvalue weighted by molar-refractivity contribution is 6.76. The fourth-order valence-electron chi connectivity index (χ4n) is 3.35. The van der Waals surface area contributed by atoms with Crippen molar-refractivity contribution < 1.29 is 9.53 Å². The van der Waals surface area contributed by atoms with Crippen LogP contribution in [0.25, 0.3) is 0 Å². The summed E-state index contributed by atoms with van der Waals surface area (Å²) in [5.74, 6) is 0.754. The molecule has 1 fully saturated rings. The van der Waals surface area contributed by atoms with Crippen molar-refractivity contribution in [2.45, 2.75) is 90.0 Å². The van der Waals surface area contributed by atoms with Gasteiger partial charge in [0.25, 0.3) is 0 Å². The van der Waals surface area contributed by atoms with Crippen molar-refractivity contribution in [2.75, 3.05) is 19.7 Å².